The van der Waals surface area contributed by atoms with Crippen LogP contribution in [0.15, 0.2) is 57.7 Å². The van der Waals surface area contributed by atoms with E-state index in [0.29, 0.717) is 17.1 Å². The molecule has 0 saturated heterocycles. The topological polar surface area (TPSA) is 106 Å². The van der Waals surface area contributed by atoms with Crippen molar-refractivity contribution in [2.45, 2.75) is 13.0 Å². The quantitative estimate of drug-likeness (QED) is 0.659. The van der Waals surface area contributed by atoms with Crippen molar-refractivity contribution in [3.8, 4) is 5.75 Å². The summed E-state index contributed by atoms with van der Waals surface area (Å²) >= 11 is 1.12. The van der Waals surface area contributed by atoms with E-state index in [1.165, 1.54) is 23.6 Å². The summed E-state index contributed by atoms with van der Waals surface area (Å²) in [5, 5.41) is 18.6. The Labute approximate surface area is 163 Å². The monoisotopic (exact) mass is 397 g/mol. The van der Waals surface area contributed by atoms with E-state index < -0.39 is 23.5 Å². The maximum Gasteiger partial charge on any atom is 0.296 e. The number of aliphatic hydroxyl groups excluding tert-OH is 1. The van der Waals surface area contributed by atoms with Gasteiger partial charge in [-0.15, -0.1) is 10.2 Å². The van der Waals surface area contributed by atoms with E-state index in [-0.39, 0.29) is 16.5 Å². The molecule has 1 amide bonds. The Kier molecular flexibility index (Phi) is 4.44. The van der Waals surface area contributed by atoms with Crippen LogP contribution >= 0.6 is 11.3 Å². The van der Waals surface area contributed by atoms with Crippen molar-refractivity contribution in [2.75, 3.05) is 12.0 Å². The molecule has 0 aliphatic carbocycles. The van der Waals surface area contributed by atoms with Crippen LogP contribution in [0.25, 0.3) is 0 Å². The fourth-order valence-corrected chi connectivity index (χ4v) is 3.77. The minimum absolute atomic E-state index is 0.0332. The molecule has 28 heavy (non-hydrogen) atoms. The van der Waals surface area contributed by atoms with Gasteiger partial charge in [-0.05, 0) is 25.1 Å². The Morgan fingerprint density at radius 1 is 1.29 bits per heavy atom. The van der Waals surface area contributed by atoms with Gasteiger partial charge in [-0.3, -0.25) is 14.5 Å². The molecule has 1 aliphatic heterocycles. The first-order valence-electron chi connectivity index (χ1n) is 8.29. The summed E-state index contributed by atoms with van der Waals surface area (Å²) in [4.78, 5) is 27.3. The number of aromatic nitrogens is 2. The molecule has 0 saturated carbocycles. The molecule has 3 heterocycles. The van der Waals surface area contributed by atoms with Gasteiger partial charge in [0.25, 0.3) is 5.91 Å². The van der Waals surface area contributed by atoms with Crippen LogP contribution in [0, 0.1) is 6.92 Å². The second kappa shape index (κ2) is 6.93. The lowest BCUT2D eigenvalue weighted by molar-refractivity contribution is -0.117. The first-order valence-corrected chi connectivity index (χ1v) is 9.17. The number of benzene rings is 1. The van der Waals surface area contributed by atoms with E-state index in [1.54, 1.807) is 37.3 Å². The number of para-hydroxylation sites is 1. The lowest BCUT2D eigenvalue weighted by Crippen LogP contribution is -2.31. The van der Waals surface area contributed by atoms with Crippen LogP contribution in [0.4, 0.5) is 5.13 Å². The summed E-state index contributed by atoms with van der Waals surface area (Å²) in [6.45, 7) is 1.70. The number of furan rings is 1. The van der Waals surface area contributed by atoms with Crippen LogP contribution in [-0.4, -0.2) is 34.1 Å². The predicted octanol–water partition coefficient (Wildman–Crippen LogP) is 3.23. The van der Waals surface area contributed by atoms with Gasteiger partial charge < -0.3 is 14.3 Å². The molecular formula is C19H15N3O5S. The number of Topliss-reactive ketones (excluding diaryl/α,β-unsaturated/α-hetero) is 1. The molecule has 0 radical (unpaired) electrons. The minimum atomic E-state index is -0.936. The molecule has 3 aromatic rings. The molecule has 1 aromatic carbocycles. The van der Waals surface area contributed by atoms with Crippen molar-refractivity contribution < 1.29 is 23.8 Å². The fourth-order valence-electron chi connectivity index (χ4n) is 3.18. The van der Waals surface area contributed by atoms with E-state index >= 15 is 0 Å². The molecular weight excluding hydrogens is 382 g/mol. The van der Waals surface area contributed by atoms with Crippen LogP contribution in [0.2, 0.25) is 0 Å². The lowest BCUT2D eigenvalue weighted by Gasteiger charge is -2.25. The van der Waals surface area contributed by atoms with Crippen molar-refractivity contribution >= 4 is 28.2 Å². The van der Waals surface area contributed by atoms with Gasteiger partial charge in [0.2, 0.25) is 10.9 Å². The van der Waals surface area contributed by atoms with Crippen LogP contribution in [0.3, 0.4) is 0 Å². The summed E-state index contributed by atoms with van der Waals surface area (Å²) in [5.74, 6) is -0.926. The molecule has 1 atom stereocenters. The van der Waals surface area contributed by atoms with E-state index in [4.69, 9.17) is 9.15 Å². The number of methoxy groups -OCH3 is 1. The highest BCUT2D eigenvalue weighted by atomic mass is 32.1. The van der Waals surface area contributed by atoms with Gasteiger partial charge >= 0.3 is 0 Å². The SMILES string of the molecule is COc1ccccc1C1C(C(=O)c2ccc(C)o2)=C(O)C(=O)N1c1nncs1. The molecule has 2 aromatic heterocycles. The summed E-state index contributed by atoms with van der Waals surface area (Å²) in [6.07, 6.45) is 0. The minimum Gasteiger partial charge on any atom is -0.503 e. The van der Waals surface area contributed by atoms with E-state index in [2.05, 4.69) is 10.2 Å². The predicted molar refractivity (Wildman–Crippen MR) is 101 cm³/mol. The normalized spacial score (nSPS) is 16.7. The Bertz CT molecular complexity index is 1090. The van der Waals surface area contributed by atoms with Gasteiger partial charge in [0.15, 0.2) is 11.5 Å². The molecule has 142 valence electrons. The molecule has 0 fully saturated rings. The smallest absolute Gasteiger partial charge is 0.296 e. The van der Waals surface area contributed by atoms with Crippen LogP contribution in [0.1, 0.15) is 27.9 Å². The molecule has 0 bridgehead atoms. The third-order valence-corrected chi connectivity index (χ3v) is 5.09. The van der Waals surface area contributed by atoms with Crippen LogP contribution in [-0.2, 0) is 4.79 Å². The third kappa shape index (κ3) is 2.76. The van der Waals surface area contributed by atoms with Crippen molar-refractivity contribution in [3.05, 3.63) is 70.3 Å². The fraction of sp³-hybridized carbons (Fsp3) is 0.158. The highest BCUT2D eigenvalue weighted by Crippen LogP contribution is 2.44. The zero-order valence-electron chi connectivity index (χ0n) is 14.9. The van der Waals surface area contributed by atoms with Crippen molar-refractivity contribution in [3.63, 3.8) is 0 Å². The van der Waals surface area contributed by atoms with Gasteiger partial charge in [-0.25, -0.2) is 0 Å². The maximum atomic E-state index is 13.2. The van der Waals surface area contributed by atoms with E-state index in [1.807, 2.05) is 0 Å². The molecule has 8 nitrogen and oxygen atoms in total. The number of aryl methyl sites for hydroxylation is 1. The number of amides is 1. The molecule has 9 heteroatoms. The Balaban J connectivity index is 1.91. The zero-order valence-corrected chi connectivity index (χ0v) is 15.8. The molecule has 0 spiro atoms. The van der Waals surface area contributed by atoms with Gasteiger partial charge in [0.05, 0.1) is 12.7 Å². The van der Waals surface area contributed by atoms with Crippen molar-refractivity contribution in [1.29, 1.82) is 0 Å². The van der Waals surface area contributed by atoms with Crippen molar-refractivity contribution in [1.82, 2.24) is 10.2 Å². The Morgan fingerprint density at radius 3 is 2.71 bits per heavy atom. The maximum absolute atomic E-state index is 13.2. The first-order chi connectivity index (χ1) is 13.5. The summed E-state index contributed by atoms with van der Waals surface area (Å²) in [5.41, 5.74) is 1.90. The lowest BCUT2D eigenvalue weighted by atomic mass is 9.94. The van der Waals surface area contributed by atoms with Crippen LogP contribution in [0.5, 0.6) is 5.75 Å². The van der Waals surface area contributed by atoms with Gasteiger partial charge in [0, 0.05) is 5.56 Å². The van der Waals surface area contributed by atoms with Gasteiger partial charge in [-0.2, -0.15) is 0 Å². The second-order valence-corrected chi connectivity index (χ2v) is 6.85. The number of aliphatic hydroxyl groups is 1. The Hall–Kier alpha value is -3.46. The summed E-state index contributed by atoms with van der Waals surface area (Å²) < 4.78 is 10.8. The van der Waals surface area contributed by atoms with E-state index in [0.717, 1.165) is 11.3 Å². The number of rotatable bonds is 5. The number of hydrogen-bond donors (Lipinski definition) is 1. The van der Waals surface area contributed by atoms with E-state index in [9.17, 15) is 14.7 Å². The van der Waals surface area contributed by atoms with Crippen molar-refractivity contribution in [2.24, 2.45) is 0 Å². The molecule has 4 rings (SSSR count). The zero-order chi connectivity index (χ0) is 19.8. The number of carbonyl (C=O) groups is 2. The summed E-state index contributed by atoms with van der Waals surface area (Å²) in [7, 11) is 1.49. The van der Waals surface area contributed by atoms with Gasteiger partial charge in [-0.1, -0.05) is 29.5 Å². The van der Waals surface area contributed by atoms with Crippen LogP contribution < -0.4 is 9.64 Å². The highest BCUT2D eigenvalue weighted by Gasteiger charge is 2.47. The third-order valence-electron chi connectivity index (χ3n) is 4.41. The van der Waals surface area contributed by atoms with Gasteiger partial charge in [0.1, 0.15) is 23.1 Å². The highest BCUT2D eigenvalue weighted by molar-refractivity contribution is 7.13. The number of ether oxygens (including phenoxy) is 1. The number of anilines is 1. The number of carbonyl (C=O) groups excluding carboxylic acids is 2. The second-order valence-electron chi connectivity index (χ2n) is 6.04. The summed E-state index contributed by atoms with van der Waals surface area (Å²) in [6, 6.07) is 9.19. The average molecular weight is 397 g/mol. The number of hydrogen-bond acceptors (Lipinski definition) is 8. The molecule has 1 unspecified atom stereocenters. The standard InChI is InChI=1S/C19H15N3O5S/c1-10-7-8-13(27-10)16(23)14-15(11-5-3-4-6-12(11)26-2)22(18(25)17(14)24)19-21-20-9-28-19/h3-9,15,24H,1-2H3. The molecule has 1 N–H and O–H groups in total. The Morgan fingerprint density at radius 2 is 2.07 bits per heavy atom. The number of ketones is 1. The largest absolute Gasteiger partial charge is 0.503 e. The first kappa shape index (κ1) is 17.9. The number of nitrogens with zero attached hydrogens (tertiary/aromatic N) is 3. The molecule has 1 aliphatic rings. The average Bonchev–Trinajstić information content (AvgIpc) is 3.42.